The summed E-state index contributed by atoms with van der Waals surface area (Å²) in [6, 6.07) is 8.44. The van der Waals surface area contributed by atoms with Crippen molar-refractivity contribution in [3.63, 3.8) is 0 Å². The van der Waals surface area contributed by atoms with Crippen LogP contribution >= 0.6 is 0 Å². The molecule has 1 saturated carbocycles. The zero-order valence-electron chi connectivity index (χ0n) is 10.9. The lowest BCUT2D eigenvalue weighted by Crippen LogP contribution is -2.28. The van der Waals surface area contributed by atoms with E-state index in [0.717, 1.165) is 5.56 Å². The van der Waals surface area contributed by atoms with Gasteiger partial charge in [-0.1, -0.05) is 32.0 Å². The maximum Gasteiger partial charge on any atom is 0.119 e. The maximum atomic E-state index is 9.86. The number of nitrogens with zero attached hydrogens (tertiary/aromatic N) is 1. The van der Waals surface area contributed by atoms with Crippen molar-refractivity contribution >= 4 is 0 Å². The lowest BCUT2D eigenvalue weighted by Gasteiger charge is -2.21. The Labute approximate surface area is 104 Å². The number of benzene rings is 1. The van der Waals surface area contributed by atoms with Gasteiger partial charge in [-0.3, -0.25) is 4.90 Å². The predicted molar refractivity (Wildman–Crippen MR) is 71.4 cm³/mol. The third kappa shape index (κ3) is 2.81. The first-order valence-corrected chi connectivity index (χ1v) is 6.79. The number of hydrogen-bond donors (Lipinski definition) is 1. The van der Waals surface area contributed by atoms with Crippen LogP contribution in [0.5, 0.6) is 5.75 Å². The van der Waals surface area contributed by atoms with Crippen LogP contribution in [0.2, 0.25) is 0 Å². The summed E-state index contributed by atoms with van der Waals surface area (Å²) >= 11 is 0. The van der Waals surface area contributed by atoms with Crippen LogP contribution in [0.3, 0.4) is 0 Å². The maximum absolute atomic E-state index is 9.86. The monoisotopic (exact) mass is 233 g/mol. The lowest BCUT2D eigenvalue weighted by atomic mass is 10.1. The van der Waals surface area contributed by atoms with Gasteiger partial charge < -0.3 is 5.11 Å². The molecule has 0 aromatic heterocycles. The van der Waals surface area contributed by atoms with Crippen molar-refractivity contribution in [1.82, 2.24) is 4.90 Å². The Morgan fingerprint density at radius 2 is 1.82 bits per heavy atom. The van der Waals surface area contributed by atoms with E-state index in [9.17, 15) is 5.11 Å². The molecule has 1 fully saturated rings. The minimum absolute atomic E-state index is 0.466. The molecule has 0 heterocycles. The number of aromatic hydroxyl groups is 1. The van der Waals surface area contributed by atoms with Gasteiger partial charge in [0.05, 0.1) is 0 Å². The number of phenols is 1. The number of hydrogen-bond acceptors (Lipinski definition) is 2. The minimum Gasteiger partial charge on any atom is -0.508 e. The zero-order valence-corrected chi connectivity index (χ0v) is 10.9. The summed E-state index contributed by atoms with van der Waals surface area (Å²) in [5, 5.41) is 9.86. The standard InChI is InChI=1S/C15H23NO/c1-3-9-16(10-4-2)14-11-13(14)12-7-5-6-8-15(12)17/h5-8,13-14,17H,3-4,9-11H2,1-2H3/t13-,14+/m0/s1. The van der Waals surface area contributed by atoms with Crippen LogP contribution in [-0.2, 0) is 0 Å². The molecule has 0 bridgehead atoms. The van der Waals surface area contributed by atoms with Gasteiger partial charge >= 0.3 is 0 Å². The first kappa shape index (κ1) is 12.4. The van der Waals surface area contributed by atoms with Crippen LogP contribution in [0.25, 0.3) is 0 Å². The van der Waals surface area contributed by atoms with E-state index in [0.29, 0.717) is 17.7 Å². The molecular weight excluding hydrogens is 210 g/mol. The van der Waals surface area contributed by atoms with Crippen molar-refractivity contribution in [3.8, 4) is 5.75 Å². The van der Waals surface area contributed by atoms with E-state index in [4.69, 9.17) is 0 Å². The highest BCUT2D eigenvalue weighted by Gasteiger charge is 2.43. The van der Waals surface area contributed by atoms with Gasteiger partial charge in [0.15, 0.2) is 0 Å². The topological polar surface area (TPSA) is 23.5 Å². The molecular formula is C15H23NO. The second-order valence-corrected chi connectivity index (χ2v) is 5.00. The highest BCUT2D eigenvalue weighted by molar-refractivity contribution is 5.39. The lowest BCUT2D eigenvalue weighted by molar-refractivity contribution is 0.259. The van der Waals surface area contributed by atoms with E-state index in [1.54, 1.807) is 6.07 Å². The summed E-state index contributed by atoms with van der Waals surface area (Å²) < 4.78 is 0. The third-order valence-electron chi connectivity index (χ3n) is 3.58. The first-order valence-electron chi connectivity index (χ1n) is 6.79. The molecule has 0 saturated heterocycles. The number of phenolic OH excluding ortho intramolecular Hbond substituents is 1. The molecule has 1 aliphatic rings. The van der Waals surface area contributed by atoms with Crippen molar-refractivity contribution in [2.75, 3.05) is 13.1 Å². The average Bonchev–Trinajstić information content (AvgIpc) is 3.09. The van der Waals surface area contributed by atoms with Gasteiger partial charge in [0.2, 0.25) is 0 Å². The summed E-state index contributed by atoms with van der Waals surface area (Å²) in [5.41, 5.74) is 1.13. The molecule has 1 aromatic rings. The normalized spacial score (nSPS) is 23.0. The van der Waals surface area contributed by atoms with E-state index in [1.807, 2.05) is 12.1 Å². The van der Waals surface area contributed by atoms with Crippen molar-refractivity contribution in [3.05, 3.63) is 29.8 Å². The highest BCUT2D eigenvalue weighted by Crippen LogP contribution is 2.47. The quantitative estimate of drug-likeness (QED) is 0.814. The van der Waals surface area contributed by atoms with Crippen molar-refractivity contribution in [2.45, 2.75) is 45.1 Å². The van der Waals surface area contributed by atoms with Gasteiger partial charge in [-0.25, -0.2) is 0 Å². The summed E-state index contributed by atoms with van der Waals surface area (Å²) in [4.78, 5) is 2.58. The molecule has 0 spiro atoms. The van der Waals surface area contributed by atoms with Crippen LogP contribution in [0.1, 0.15) is 44.6 Å². The minimum atomic E-state index is 0.466. The number of rotatable bonds is 6. The molecule has 1 aromatic carbocycles. The molecule has 1 aliphatic carbocycles. The molecule has 0 aliphatic heterocycles. The molecule has 2 atom stereocenters. The smallest absolute Gasteiger partial charge is 0.119 e. The zero-order chi connectivity index (χ0) is 12.3. The molecule has 2 rings (SSSR count). The summed E-state index contributed by atoms with van der Waals surface area (Å²) in [7, 11) is 0. The number of para-hydroxylation sites is 1. The van der Waals surface area contributed by atoms with Crippen molar-refractivity contribution in [1.29, 1.82) is 0 Å². The van der Waals surface area contributed by atoms with Gasteiger partial charge in [0.25, 0.3) is 0 Å². The van der Waals surface area contributed by atoms with Crippen LogP contribution in [0, 0.1) is 0 Å². The van der Waals surface area contributed by atoms with Gasteiger partial charge in [0.1, 0.15) is 5.75 Å². The Kier molecular flexibility index (Phi) is 4.06. The largest absolute Gasteiger partial charge is 0.508 e. The third-order valence-corrected chi connectivity index (χ3v) is 3.58. The second kappa shape index (κ2) is 5.54. The fourth-order valence-corrected chi connectivity index (χ4v) is 2.74. The van der Waals surface area contributed by atoms with Crippen LogP contribution in [-0.4, -0.2) is 29.1 Å². The van der Waals surface area contributed by atoms with Gasteiger partial charge in [0, 0.05) is 12.0 Å². The average molecular weight is 233 g/mol. The molecule has 17 heavy (non-hydrogen) atoms. The van der Waals surface area contributed by atoms with Crippen LogP contribution in [0.4, 0.5) is 0 Å². The van der Waals surface area contributed by atoms with E-state index in [1.165, 1.54) is 32.4 Å². The van der Waals surface area contributed by atoms with Gasteiger partial charge in [-0.05, 0) is 44.0 Å². The molecule has 0 amide bonds. The Morgan fingerprint density at radius 1 is 1.18 bits per heavy atom. The van der Waals surface area contributed by atoms with E-state index >= 15 is 0 Å². The van der Waals surface area contributed by atoms with E-state index < -0.39 is 0 Å². The van der Waals surface area contributed by atoms with Crippen LogP contribution < -0.4 is 0 Å². The molecule has 2 nitrogen and oxygen atoms in total. The van der Waals surface area contributed by atoms with Gasteiger partial charge in [-0.2, -0.15) is 0 Å². The Morgan fingerprint density at radius 3 is 2.41 bits per heavy atom. The highest BCUT2D eigenvalue weighted by atomic mass is 16.3. The van der Waals surface area contributed by atoms with Crippen molar-refractivity contribution in [2.24, 2.45) is 0 Å². The molecule has 0 unspecified atom stereocenters. The summed E-state index contributed by atoms with van der Waals surface area (Å²) in [6.07, 6.45) is 3.63. The Balaban J connectivity index is 2.01. The van der Waals surface area contributed by atoms with Gasteiger partial charge in [-0.15, -0.1) is 0 Å². The molecule has 94 valence electrons. The Hall–Kier alpha value is -1.02. The molecule has 1 N–H and O–H groups in total. The summed E-state index contributed by atoms with van der Waals surface area (Å²) in [6.45, 7) is 6.84. The second-order valence-electron chi connectivity index (χ2n) is 5.00. The van der Waals surface area contributed by atoms with E-state index in [-0.39, 0.29) is 0 Å². The molecule has 2 heteroatoms. The predicted octanol–water partition coefficient (Wildman–Crippen LogP) is 3.37. The fraction of sp³-hybridized carbons (Fsp3) is 0.600. The summed E-state index contributed by atoms with van der Waals surface area (Å²) in [5.74, 6) is 1.02. The van der Waals surface area contributed by atoms with Crippen LogP contribution in [0.15, 0.2) is 24.3 Å². The SMILES string of the molecule is CCCN(CCC)[C@@H]1C[C@H]1c1ccccc1O. The fourth-order valence-electron chi connectivity index (χ4n) is 2.74. The first-order chi connectivity index (χ1) is 8.27. The van der Waals surface area contributed by atoms with Crippen molar-refractivity contribution < 1.29 is 5.11 Å². The molecule has 0 radical (unpaired) electrons. The van der Waals surface area contributed by atoms with E-state index in [2.05, 4.69) is 24.8 Å². The Bertz CT molecular complexity index is 358.